The number of piperazine rings is 1. The van der Waals surface area contributed by atoms with E-state index in [1.807, 2.05) is 0 Å². The van der Waals surface area contributed by atoms with Gasteiger partial charge < -0.3 is 61.7 Å². The fraction of sp³-hybridized carbons (Fsp3) is 0.629. The third kappa shape index (κ3) is 18.9. The summed E-state index contributed by atoms with van der Waals surface area (Å²) in [7, 11) is 0. The van der Waals surface area contributed by atoms with Gasteiger partial charge in [-0.05, 0) is 72.1 Å². The van der Waals surface area contributed by atoms with Crippen LogP contribution in [0.15, 0.2) is 34.9 Å². The van der Waals surface area contributed by atoms with Crippen LogP contribution in [0.25, 0.3) is 0 Å². The van der Waals surface area contributed by atoms with E-state index in [0.29, 0.717) is 16.7 Å². The highest BCUT2D eigenvalue weighted by Crippen LogP contribution is 2.12. The number of ether oxygens (including phenoxy) is 1. The summed E-state index contributed by atoms with van der Waals surface area (Å²) in [4.78, 5) is 85.6. The highest BCUT2D eigenvalue weighted by molar-refractivity contribution is 5.97. The van der Waals surface area contributed by atoms with Gasteiger partial charge in [-0.15, -0.1) is 0 Å². The molecule has 54 heavy (non-hydrogen) atoms. The smallest absolute Gasteiger partial charge is 0.328 e. The van der Waals surface area contributed by atoms with E-state index < -0.39 is 59.5 Å². The SMILES string of the molecule is CC(=O)N[C@@H](CCCN([O-])C(=O)/C=C(\C)CCO)C(=O)OCC/C(C)=C/C(=O)N([O-])CCC[C@@H]1NC(=O)[C@H](CCCN([O-])C(=O)/C=C(\C)CCO)NC1=O. The van der Waals surface area contributed by atoms with Crippen LogP contribution in [0.1, 0.15) is 85.5 Å². The number of aliphatic hydroxyl groups is 2. The Morgan fingerprint density at radius 1 is 0.704 bits per heavy atom. The van der Waals surface area contributed by atoms with E-state index in [4.69, 9.17) is 14.9 Å². The van der Waals surface area contributed by atoms with E-state index in [9.17, 15) is 49.2 Å². The largest absolute Gasteiger partial charge is 0.756 e. The Morgan fingerprint density at radius 3 is 1.48 bits per heavy atom. The molecule has 0 aromatic rings. The summed E-state index contributed by atoms with van der Waals surface area (Å²) in [5.74, 6) is -4.75. The average molecular weight is 766 g/mol. The number of hydrogen-bond acceptors (Lipinski definition) is 13. The van der Waals surface area contributed by atoms with Gasteiger partial charge in [-0.2, -0.15) is 0 Å². The van der Waals surface area contributed by atoms with Crippen LogP contribution in [0.4, 0.5) is 0 Å². The molecule has 1 rings (SSSR count). The Bertz CT molecular complexity index is 1400. The molecule has 304 valence electrons. The van der Waals surface area contributed by atoms with Crippen molar-refractivity contribution in [3.63, 3.8) is 0 Å². The van der Waals surface area contributed by atoms with Crippen LogP contribution in [0, 0.1) is 15.6 Å². The van der Waals surface area contributed by atoms with E-state index in [-0.39, 0.29) is 112 Å². The van der Waals surface area contributed by atoms with Gasteiger partial charge in [-0.3, -0.25) is 28.8 Å². The summed E-state index contributed by atoms with van der Waals surface area (Å²) in [5.41, 5.74) is 1.50. The molecular weight excluding hydrogens is 712 g/mol. The van der Waals surface area contributed by atoms with E-state index in [1.54, 1.807) is 20.8 Å². The zero-order valence-electron chi connectivity index (χ0n) is 31.3. The van der Waals surface area contributed by atoms with Crippen molar-refractivity contribution < 1.29 is 48.5 Å². The van der Waals surface area contributed by atoms with Gasteiger partial charge in [0.05, 0.1) is 6.61 Å². The predicted octanol–water partition coefficient (Wildman–Crippen LogP) is 0.331. The van der Waals surface area contributed by atoms with Crippen molar-refractivity contribution in [1.82, 2.24) is 31.1 Å². The number of carbonyl (C=O) groups excluding carboxylic acids is 7. The number of rotatable bonds is 24. The maximum Gasteiger partial charge on any atom is 0.328 e. The Kier molecular flexibility index (Phi) is 22.2. The lowest BCUT2D eigenvalue weighted by Crippen LogP contribution is -2.61. The van der Waals surface area contributed by atoms with Gasteiger partial charge in [0.25, 0.3) is 0 Å². The number of aliphatic hydroxyl groups excluding tert-OH is 2. The summed E-state index contributed by atoms with van der Waals surface area (Å²) in [5, 5.41) is 62.4. The molecule has 0 aromatic heterocycles. The van der Waals surface area contributed by atoms with Crippen LogP contribution < -0.4 is 16.0 Å². The highest BCUT2D eigenvalue weighted by Gasteiger charge is 2.33. The Balaban J connectivity index is 2.47. The molecule has 0 aromatic carbocycles. The minimum Gasteiger partial charge on any atom is -0.756 e. The van der Waals surface area contributed by atoms with Gasteiger partial charge >= 0.3 is 5.97 Å². The predicted molar refractivity (Wildman–Crippen MR) is 195 cm³/mol. The van der Waals surface area contributed by atoms with Gasteiger partial charge in [-0.25, -0.2) is 4.79 Å². The normalized spacial score (nSPS) is 16.9. The average Bonchev–Trinajstić information content (AvgIpc) is 3.09. The standard InChI is InChI=1S/C35H53N6O13/c1-23(11-17-42)20-30(45)39(51)14-5-8-27-33(48)38-28(34(49)37-27)9-6-15-40(52)32(47)22-25(3)13-19-54-35(50)29(36-26(4)44)10-7-16-41(53)31(46)21-24(2)12-18-43/h20-22,27-29,42-43H,5-19H2,1-4H3,(H,36,44)(H,37,49)(H,38,48)/q-3/b23-20+,24-21+,25-22+/t27-,28-,29-/m0/s1. The van der Waals surface area contributed by atoms with Crippen LogP contribution in [-0.4, -0.2) is 124 Å². The maximum absolute atomic E-state index is 12.6. The van der Waals surface area contributed by atoms with Crippen molar-refractivity contribution in [2.24, 2.45) is 0 Å². The number of carbonyl (C=O) groups is 7. The molecule has 6 amide bonds. The zero-order valence-corrected chi connectivity index (χ0v) is 31.3. The molecular formula is C35H53N6O13-3. The molecule has 5 N–H and O–H groups in total. The second kappa shape index (κ2) is 25.4. The van der Waals surface area contributed by atoms with Crippen molar-refractivity contribution in [3.05, 3.63) is 50.6 Å². The quantitative estimate of drug-likeness (QED) is 0.0504. The molecule has 0 saturated carbocycles. The molecule has 0 aliphatic carbocycles. The molecule has 1 saturated heterocycles. The molecule has 0 bridgehead atoms. The summed E-state index contributed by atoms with van der Waals surface area (Å²) < 4.78 is 5.22. The molecule has 1 aliphatic rings. The Labute approximate surface area is 314 Å². The first-order chi connectivity index (χ1) is 25.5. The molecule has 0 unspecified atom stereocenters. The number of nitrogens with one attached hydrogen (secondary N) is 3. The van der Waals surface area contributed by atoms with Gasteiger partial charge in [0, 0.05) is 64.4 Å². The summed E-state index contributed by atoms with van der Waals surface area (Å²) in [6.45, 7) is 4.73. The lowest BCUT2D eigenvalue weighted by molar-refractivity contribution is -0.147. The van der Waals surface area contributed by atoms with Gasteiger partial charge in [0.15, 0.2) is 0 Å². The van der Waals surface area contributed by atoms with Gasteiger partial charge in [-0.1, -0.05) is 16.7 Å². The van der Waals surface area contributed by atoms with Crippen LogP contribution in [0.3, 0.4) is 0 Å². The lowest BCUT2D eigenvalue weighted by Gasteiger charge is -2.32. The Morgan fingerprint density at radius 2 is 1.09 bits per heavy atom. The number of nitrogens with zero attached hydrogens (tertiary/aromatic N) is 3. The third-order valence-corrected chi connectivity index (χ3v) is 8.09. The summed E-state index contributed by atoms with van der Waals surface area (Å²) >= 11 is 0. The van der Waals surface area contributed by atoms with Crippen molar-refractivity contribution in [2.75, 3.05) is 39.5 Å². The number of hydrogen-bond donors (Lipinski definition) is 5. The third-order valence-electron chi connectivity index (χ3n) is 8.09. The van der Waals surface area contributed by atoms with Crippen molar-refractivity contribution in [1.29, 1.82) is 0 Å². The van der Waals surface area contributed by atoms with E-state index in [2.05, 4.69) is 16.0 Å². The monoisotopic (exact) mass is 765 g/mol. The first-order valence-electron chi connectivity index (χ1n) is 17.7. The summed E-state index contributed by atoms with van der Waals surface area (Å²) in [6, 6.07) is -2.94. The minimum atomic E-state index is -1.09. The molecule has 0 radical (unpaired) electrons. The number of hydroxylamine groups is 6. The van der Waals surface area contributed by atoms with E-state index >= 15 is 0 Å². The number of esters is 1. The fourth-order valence-electron chi connectivity index (χ4n) is 5.05. The second-order valence-corrected chi connectivity index (χ2v) is 13.0. The lowest BCUT2D eigenvalue weighted by atomic mass is 10.0. The van der Waals surface area contributed by atoms with E-state index in [0.717, 1.165) is 18.2 Å². The van der Waals surface area contributed by atoms with E-state index in [1.165, 1.54) is 6.92 Å². The van der Waals surface area contributed by atoms with Gasteiger partial charge in [0.1, 0.15) is 18.1 Å². The molecule has 1 fully saturated rings. The molecule has 1 heterocycles. The second-order valence-electron chi connectivity index (χ2n) is 13.0. The first-order valence-corrected chi connectivity index (χ1v) is 17.7. The first kappa shape index (κ1) is 47.3. The van der Waals surface area contributed by atoms with Crippen LogP contribution in [0.5, 0.6) is 0 Å². The number of amides is 6. The maximum atomic E-state index is 12.6. The molecule has 19 nitrogen and oxygen atoms in total. The van der Waals surface area contributed by atoms with Crippen molar-refractivity contribution in [3.8, 4) is 0 Å². The molecule has 0 spiro atoms. The van der Waals surface area contributed by atoms with Crippen LogP contribution in [0.2, 0.25) is 0 Å². The van der Waals surface area contributed by atoms with Gasteiger partial charge in [0.2, 0.25) is 35.4 Å². The van der Waals surface area contributed by atoms with Crippen LogP contribution >= 0.6 is 0 Å². The Hall–Kier alpha value is -4.69. The zero-order chi connectivity index (χ0) is 40.8. The topological polar surface area (TPSA) is 284 Å². The summed E-state index contributed by atoms with van der Waals surface area (Å²) in [6.07, 6.45) is 4.40. The van der Waals surface area contributed by atoms with Crippen LogP contribution in [-0.2, 0) is 38.3 Å². The molecule has 19 heteroatoms. The molecule has 1 aliphatic heterocycles. The highest BCUT2D eigenvalue weighted by atomic mass is 16.5. The fourth-order valence-corrected chi connectivity index (χ4v) is 5.05. The minimum absolute atomic E-state index is 0.00526. The van der Waals surface area contributed by atoms with Crippen molar-refractivity contribution in [2.45, 2.75) is 104 Å². The van der Waals surface area contributed by atoms with Crippen molar-refractivity contribution >= 4 is 41.4 Å². The molecule has 3 atom stereocenters.